The van der Waals surface area contributed by atoms with Gasteiger partial charge in [-0.3, -0.25) is 9.59 Å². The van der Waals surface area contributed by atoms with Crippen LogP contribution in [0.3, 0.4) is 0 Å². The second-order valence-electron chi connectivity index (χ2n) is 4.73. The average Bonchev–Trinajstić information content (AvgIpc) is 2.42. The van der Waals surface area contributed by atoms with Gasteiger partial charge in [-0.1, -0.05) is 23.2 Å². The normalized spacial score (nSPS) is 22.3. The first kappa shape index (κ1) is 15.0. The molecule has 0 unspecified atom stereocenters. The minimum absolute atomic E-state index is 0.00822. The number of hydrogen-bond donors (Lipinski definition) is 2. The summed E-state index contributed by atoms with van der Waals surface area (Å²) in [4.78, 5) is 22.9. The van der Waals surface area contributed by atoms with Gasteiger partial charge in [-0.2, -0.15) is 0 Å². The predicted molar refractivity (Wildman–Crippen MR) is 72.9 cm³/mol. The van der Waals surface area contributed by atoms with Gasteiger partial charge in [-0.25, -0.2) is 0 Å². The number of nitrogens with one attached hydrogen (secondary N) is 1. The number of rotatable bonds is 3. The third-order valence-electron chi connectivity index (χ3n) is 3.38. The Bertz CT molecular complexity index is 531. The van der Waals surface area contributed by atoms with Crippen molar-refractivity contribution in [3.63, 3.8) is 0 Å². The number of hydrogen-bond acceptors (Lipinski definition) is 4. The molecule has 1 aromatic heterocycles. The van der Waals surface area contributed by atoms with Gasteiger partial charge in [-0.05, 0) is 31.7 Å². The zero-order valence-corrected chi connectivity index (χ0v) is 12.0. The van der Waals surface area contributed by atoms with E-state index >= 15 is 0 Å². The van der Waals surface area contributed by atoms with E-state index in [1.807, 2.05) is 0 Å². The van der Waals surface area contributed by atoms with Crippen LogP contribution in [0.15, 0.2) is 6.07 Å². The highest BCUT2D eigenvalue weighted by Crippen LogP contribution is 2.25. The molecule has 0 bridgehead atoms. The molecule has 0 spiro atoms. The van der Waals surface area contributed by atoms with Crippen molar-refractivity contribution in [2.75, 3.05) is 0 Å². The predicted octanol–water partition coefficient (Wildman–Crippen LogP) is 2.16. The molecule has 6 nitrogen and oxygen atoms in total. The fraction of sp³-hybridized carbons (Fsp3) is 0.500. The largest absolute Gasteiger partial charge is 0.481 e. The molecule has 108 valence electrons. The van der Waals surface area contributed by atoms with E-state index in [0.717, 1.165) is 0 Å². The number of aliphatic carboxylic acids is 1. The van der Waals surface area contributed by atoms with Gasteiger partial charge in [0.25, 0.3) is 5.91 Å². The highest BCUT2D eigenvalue weighted by atomic mass is 35.5. The number of halogens is 2. The van der Waals surface area contributed by atoms with Crippen LogP contribution in [0.25, 0.3) is 0 Å². The molecular weight excluding hydrogens is 305 g/mol. The maximum absolute atomic E-state index is 12.1. The fourth-order valence-electron chi connectivity index (χ4n) is 2.26. The Hall–Kier alpha value is -1.40. The van der Waals surface area contributed by atoms with Crippen LogP contribution in [-0.2, 0) is 4.79 Å². The summed E-state index contributed by atoms with van der Waals surface area (Å²) < 4.78 is 0. The van der Waals surface area contributed by atoms with Crippen molar-refractivity contribution in [2.24, 2.45) is 5.92 Å². The maximum Gasteiger partial charge on any atom is 0.306 e. The van der Waals surface area contributed by atoms with Crippen molar-refractivity contribution >= 4 is 35.1 Å². The molecule has 8 heteroatoms. The van der Waals surface area contributed by atoms with E-state index in [1.165, 1.54) is 6.07 Å². The van der Waals surface area contributed by atoms with Gasteiger partial charge < -0.3 is 10.4 Å². The van der Waals surface area contributed by atoms with E-state index < -0.39 is 5.97 Å². The molecular formula is C12H13Cl2N3O3. The summed E-state index contributed by atoms with van der Waals surface area (Å²) in [6.45, 7) is 0. The second kappa shape index (κ2) is 6.37. The lowest BCUT2D eigenvalue weighted by atomic mass is 9.86. The Morgan fingerprint density at radius 3 is 2.45 bits per heavy atom. The summed E-state index contributed by atoms with van der Waals surface area (Å²) in [5.74, 6) is -1.46. The summed E-state index contributed by atoms with van der Waals surface area (Å²) >= 11 is 11.5. The van der Waals surface area contributed by atoms with Crippen molar-refractivity contribution in [3.05, 3.63) is 21.9 Å². The number of carbonyl (C=O) groups excluding carboxylic acids is 1. The summed E-state index contributed by atoms with van der Waals surface area (Å²) in [6.07, 6.45) is 2.38. The lowest BCUT2D eigenvalue weighted by Gasteiger charge is -2.26. The minimum atomic E-state index is -0.775. The van der Waals surface area contributed by atoms with E-state index in [0.29, 0.717) is 25.7 Å². The van der Waals surface area contributed by atoms with Gasteiger partial charge in [0.2, 0.25) is 0 Å². The number of aromatic nitrogens is 2. The number of carbonyl (C=O) groups is 2. The molecule has 2 N–H and O–H groups in total. The molecule has 1 saturated carbocycles. The summed E-state index contributed by atoms with van der Waals surface area (Å²) in [5, 5.41) is 18.9. The maximum atomic E-state index is 12.1. The summed E-state index contributed by atoms with van der Waals surface area (Å²) in [5.41, 5.74) is 0.173. The molecule has 1 aromatic rings. The molecule has 1 fully saturated rings. The van der Waals surface area contributed by atoms with Crippen LogP contribution < -0.4 is 5.32 Å². The van der Waals surface area contributed by atoms with Crippen LogP contribution >= 0.6 is 23.2 Å². The quantitative estimate of drug-likeness (QED) is 0.891. The molecule has 1 aliphatic rings. The molecule has 1 aliphatic carbocycles. The SMILES string of the molecule is O=C(NC1CCC(C(=O)O)CC1)c1cc(Cl)nnc1Cl. The zero-order chi connectivity index (χ0) is 14.7. The van der Waals surface area contributed by atoms with Gasteiger partial charge in [0.1, 0.15) is 0 Å². The van der Waals surface area contributed by atoms with E-state index in [2.05, 4.69) is 15.5 Å². The molecule has 1 amide bonds. The van der Waals surface area contributed by atoms with E-state index in [1.54, 1.807) is 0 Å². The minimum Gasteiger partial charge on any atom is -0.481 e. The van der Waals surface area contributed by atoms with Crippen molar-refractivity contribution in [3.8, 4) is 0 Å². The van der Waals surface area contributed by atoms with Crippen LogP contribution in [-0.4, -0.2) is 33.2 Å². The van der Waals surface area contributed by atoms with Crippen LogP contribution in [0, 0.1) is 5.92 Å². The number of carboxylic acids is 1. The van der Waals surface area contributed by atoms with Gasteiger partial charge in [-0.15, -0.1) is 10.2 Å². The summed E-state index contributed by atoms with van der Waals surface area (Å²) in [6, 6.07) is 1.30. The molecule has 0 aromatic carbocycles. The molecule has 0 radical (unpaired) electrons. The standard InChI is InChI=1S/C12H13Cl2N3O3/c13-9-5-8(10(14)17-16-9)11(18)15-7-3-1-6(2-4-7)12(19)20/h5-7H,1-4H2,(H,15,18)(H,19,20). The van der Waals surface area contributed by atoms with E-state index in [4.69, 9.17) is 28.3 Å². The highest BCUT2D eigenvalue weighted by molar-refractivity contribution is 6.34. The van der Waals surface area contributed by atoms with Crippen molar-refractivity contribution in [1.29, 1.82) is 0 Å². The molecule has 0 saturated heterocycles. The second-order valence-corrected chi connectivity index (χ2v) is 5.48. The van der Waals surface area contributed by atoms with E-state index in [9.17, 15) is 9.59 Å². The lowest BCUT2D eigenvalue weighted by Crippen LogP contribution is -2.38. The van der Waals surface area contributed by atoms with Crippen LogP contribution in [0.1, 0.15) is 36.0 Å². The summed E-state index contributed by atoms with van der Waals surface area (Å²) in [7, 11) is 0. The molecule has 0 atom stereocenters. The Balaban J connectivity index is 1.96. The third kappa shape index (κ3) is 3.58. The van der Waals surface area contributed by atoms with Gasteiger partial charge in [0.15, 0.2) is 10.3 Å². The molecule has 20 heavy (non-hydrogen) atoms. The van der Waals surface area contributed by atoms with Crippen LogP contribution in [0.4, 0.5) is 0 Å². The van der Waals surface area contributed by atoms with Crippen molar-refractivity contribution in [2.45, 2.75) is 31.7 Å². The van der Waals surface area contributed by atoms with Gasteiger partial charge >= 0.3 is 5.97 Å². The Labute approximate surface area is 125 Å². The topological polar surface area (TPSA) is 92.2 Å². The monoisotopic (exact) mass is 317 g/mol. The Morgan fingerprint density at radius 1 is 1.20 bits per heavy atom. The first-order chi connectivity index (χ1) is 9.47. The average molecular weight is 318 g/mol. The number of amides is 1. The smallest absolute Gasteiger partial charge is 0.306 e. The Kier molecular flexibility index (Phi) is 4.77. The molecule has 2 rings (SSSR count). The first-order valence-corrected chi connectivity index (χ1v) is 6.95. The van der Waals surface area contributed by atoms with Crippen molar-refractivity contribution < 1.29 is 14.7 Å². The third-order valence-corrected chi connectivity index (χ3v) is 3.84. The first-order valence-electron chi connectivity index (χ1n) is 6.19. The van der Waals surface area contributed by atoms with Crippen molar-refractivity contribution in [1.82, 2.24) is 15.5 Å². The van der Waals surface area contributed by atoms with Crippen LogP contribution in [0.2, 0.25) is 10.3 Å². The Morgan fingerprint density at radius 2 is 1.85 bits per heavy atom. The van der Waals surface area contributed by atoms with Gasteiger partial charge in [0, 0.05) is 6.04 Å². The van der Waals surface area contributed by atoms with E-state index in [-0.39, 0.29) is 33.7 Å². The zero-order valence-electron chi connectivity index (χ0n) is 10.5. The highest BCUT2D eigenvalue weighted by Gasteiger charge is 2.27. The molecule has 0 aliphatic heterocycles. The lowest BCUT2D eigenvalue weighted by molar-refractivity contribution is -0.142. The number of carboxylic acid groups (broad SMARTS) is 1. The molecule has 1 heterocycles. The van der Waals surface area contributed by atoms with Gasteiger partial charge in [0.05, 0.1) is 11.5 Å². The number of nitrogens with zero attached hydrogens (tertiary/aromatic N) is 2. The fourth-order valence-corrected chi connectivity index (χ4v) is 2.59. The van der Waals surface area contributed by atoms with Crippen LogP contribution in [0.5, 0.6) is 0 Å².